The molecule has 0 radical (unpaired) electrons. The molecule has 0 atom stereocenters. The molecule has 108 valence electrons. The van der Waals surface area contributed by atoms with E-state index in [2.05, 4.69) is 20.8 Å². The van der Waals surface area contributed by atoms with E-state index in [1.54, 1.807) is 18.3 Å². The van der Waals surface area contributed by atoms with Crippen molar-refractivity contribution in [2.24, 2.45) is 5.92 Å². The summed E-state index contributed by atoms with van der Waals surface area (Å²) in [6, 6.07) is 3.34. The summed E-state index contributed by atoms with van der Waals surface area (Å²) in [5.41, 5.74) is 0.692. The van der Waals surface area contributed by atoms with Crippen molar-refractivity contribution in [1.82, 2.24) is 20.8 Å². The molecule has 1 heterocycles. The van der Waals surface area contributed by atoms with Gasteiger partial charge in [0.1, 0.15) is 0 Å². The molecule has 0 spiro atoms. The third-order valence-electron chi connectivity index (χ3n) is 3.47. The Morgan fingerprint density at radius 3 is 2.65 bits per heavy atom. The average Bonchev–Trinajstić information content (AvgIpc) is 2.47. The van der Waals surface area contributed by atoms with Gasteiger partial charge in [0.25, 0.3) is 0 Å². The van der Waals surface area contributed by atoms with Crippen LogP contribution in [0.1, 0.15) is 31.4 Å². The summed E-state index contributed by atoms with van der Waals surface area (Å²) in [5, 5.41) is 22.1. The Labute approximate surface area is 116 Å². The molecular weight excluding hydrogens is 260 g/mol. The van der Waals surface area contributed by atoms with Crippen LogP contribution in [0.2, 0.25) is 0 Å². The Morgan fingerprint density at radius 2 is 2.05 bits per heavy atom. The van der Waals surface area contributed by atoms with Crippen molar-refractivity contribution in [2.45, 2.75) is 38.3 Å². The highest BCUT2D eigenvalue weighted by molar-refractivity contribution is 5.74. The number of aliphatic carboxylic acids is 1. The largest absolute Gasteiger partial charge is 0.481 e. The van der Waals surface area contributed by atoms with E-state index in [0.29, 0.717) is 37.9 Å². The monoisotopic (exact) mass is 278 g/mol. The number of urea groups is 1. The van der Waals surface area contributed by atoms with Gasteiger partial charge in [-0.25, -0.2) is 4.79 Å². The molecule has 2 amide bonds. The van der Waals surface area contributed by atoms with E-state index in [-0.39, 0.29) is 18.0 Å². The van der Waals surface area contributed by atoms with Crippen molar-refractivity contribution >= 4 is 12.0 Å². The molecule has 0 bridgehead atoms. The summed E-state index contributed by atoms with van der Waals surface area (Å²) in [6.07, 6.45) is 4.21. The number of nitrogens with zero attached hydrogens (tertiary/aromatic N) is 2. The molecule has 2 rings (SSSR count). The first-order valence-corrected chi connectivity index (χ1v) is 6.69. The Bertz CT molecular complexity index is 458. The van der Waals surface area contributed by atoms with Crippen molar-refractivity contribution in [1.29, 1.82) is 0 Å². The molecule has 0 unspecified atom stereocenters. The van der Waals surface area contributed by atoms with E-state index in [0.717, 1.165) is 0 Å². The Hall–Kier alpha value is -2.18. The Kier molecular flexibility index (Phi) is 4.86. The Balaban J connectivity index is 1.69. The smallest absolute Gasteiger partial charge is 0.315 e. The van der Waals surface area contributed by atoms with Gasteiger partial charge in [0, 0.05) is 12.2 Å². The first-order valence-electron chi connectivity index (χ1n) is 6.69. The fourth-order valence-corrected chi connectivity index (χ4v) is 2.32. The van der Waals surface area contributed by atoms with Gasteiger partial charge in [-0.3, -0.25) is 4.79 Å². The minimum absolute atomic E-state index is 0.0486. The van der Waals surface area contributed by atoms with Crippen molar-refractivity contribution in [3.8, 4) is 0 Å². The topological polar surface area (TPSA) is 104 Å². The number of aromatic nitrogens is 2. The lowest BCUT2D eigenvalue weighted by molar-refractivity contribution is -0.142. The van der Waals surface area contributed by atoms with E-state index in [1.165, 1.54) is 0 Å². The van der Waals surface area contributed by atoms with Gasteiger partial charge in [-0.2, -0.15) is 10.2 Å². The number of nitrogens with one attached hydrogen (secondary N) is 2. The highest BCUT2D eigenvalue weighted by atomic mass is 16.4. The van der Waals surface area contributed by atoms with Gasteiger partial charge in [0.15, 0.2) is 0 Å². The second-order valence-electron chi connectivity index (χ2n) is 4.93. The zero-order chi connectivity index (χ0) is 14.4. The highest BCUT2D eigenvalue weighted by Crippen LogP contribution is 2.24. The van der Waals surface area contributed by atoms with Crippen LogP contribution in [0.15, 0.2) is 18.3 Å². The van der Waals surface area contributed by atoms with Crippen LogP contribution >= 0.6 is 0 Å². The van der Waals surface area contributed by atoms with Crippen LogP contribution in [-0.2, 0) is 11.3 Å². The van der Waals surface area contributed by atoms with Crippen molar-refractivity contribution in [3.05, 3.63) is 24.0 Å². The van der Waals surface area contributed by atoms with Gasteiger partial charge < -0.3 is 15.7 Å². The molecule has 0 aliphatic heterocycles. The maximum atomic E-state index is 11.7. The lowest BCUT2D eigenvalue weighted by atomic mass is 9.86. The number of amides is 2. The number of hydrogen-bond donors (Lipinski definition) is 3. The van der Waals surface area contributed by atoms with Gasteiger partial charge in [0.05, 0.1) is 18.2 Å². The van der Waals surface area contributed by atoms with E-state index in [4.69, 9.17) is 5.11 Å². The molecule has 1 saturated carbocycles. The van der Waals surface area contributed by atoms with Crippen LogP contribution in [0.4, 0.5) is 4.79 Å². The van der Waals surface area contributed by atoms with Crippen molar-refractivity contribution < 1.29 is 14.7 Å². The molecule has 1 fully saturated rings. The number of carboxylic acids is 1. The number of carbonyl (C=O) groups is 2. The van der Waals surface area contributed by atoms with Gasteiger partial charge in [-0.15, -0.1) is 0 Å². The lowest BCUT2D eigenvalue weighted by Crippen LogP contribution is -2.44. The highest BCUT2D eigenvalue weighted by Gasteiger charge is 2.26. The zero-order valence-electron chi connectivity index (χ0n) is 11.1. The second kappa shape index (κ2) is 6.83. The third kappa shape index (κ3) is 4.18. The van der Waals surface area contributed by atoms with Crippen LogP contribution in [0.5, 0.6) is 0 Å². The number of hydrogen-bond acceptors (Lipinski definition) is 4. The number of rotatable bonds is 4. The minimum Gasteiger partial charge on any atom is -0.481 e. The molecule has 0 aromatic carbocycles. The molecule has 7 nitrogen and oxygen atoms in total. The van der Waals surface area contributed by atoms with Crippen LogP contribution < -0.4 is 10.6 Å². The summed E-state index contributed by atoms with van der Waals surface area (Å²) in [6.45, 7) is 0.324. The molecule has 3 N–H and O–H groups in total. The maximum Gasteiger partial charge on any atom is 0.315 e. The first-order chi connectivity index (χ1) is 9.65. The van der Waals surface area contributed by atoms with Gasteiger partial charge in [-0.1, -0.05) is 0 Å². The van der Waals surface area contributed by atoms with Crippen molar-refractivity contribution in [3.63, 3.8) is 0 Å². The molecule has 1 aliphatic carbocycles. The van der Waals surface area contributed by atoms with E-state index in [9.17, 15) is 9.59 Å². The fraction of sp³-hybridized carbons (Fsp3) is 0.538. The summed E-state index contributed by atoms with van der Waals surface area (Å²) in [5.74, 6) is -1.01. The quantitative estimate of drug-likeness (QED) is 0.759. The molecule has 7 heteroatoms. The molecule has 0 saturated heterocycles. The molecular formula is C13H18N4O3. The van der Waals surface area contributed by atoms with E-state index >= 15 is 0 Å². The van der Waals surface area contributed by atoms with Crippen LogP contribution in [0.25, 0.3) is 0 Å². The van der Waals surface area contributed by atoms with Crippen LogP contribution in [0.3, 0.4) is 0 Å². The van der Waals surface area contributed by atoms with E-state index in [1.807, 2.05) is 0 Å². The molecule has 1 aromatic rings. The third-order valence-corrected chi connectivity index (χ3v) is 3.47. The minimum atomic E-state index is -0.740. The average molecular weight is 278 g/mol. The standard InChI is InChI=1S/C13H18N4O3/c18-12(19)9-3-5-10(6-4-9)16-13(20)14-8-11-2-1-7-15-17-11/h1-2,7,9-10H,3-6,8H2,(H,18,19)(H2,14,16,20). The maximum absolute atomic E-state index is 11.7. The van der Waals surface area contributed by atoms with Gasteiger partial charge in [-0.05, 0) is 37.8 Å². The van der Waals surface area contributed by atoms with Crippen molar-refractivity contribution in [2.75, 3.05) is 0 Å². The molecule has 20 heavy (non-hydrogen) atoms. The summed E-state index contributed by atoms with van der Waals surface area (Å²) in [7, 11) is 0. The normalized spacial score (nSPS) is 22.0. The van der Waals surface area contributed by atoms with Gasteiger partial charge in [0.2, 0.25) is 0 Å². The van der Waals surface area contributed by atoms with Gasteiger partial charge >= 0.3 is 12.0 Å². The SMILES string of the molecule is O=C(NCc1cccnn1)NC1CCC(C(=O)O)CC1. The fourth-order valence-electron chi connectivity index (χ4n) is 2.32. The zero-order valence-corrected chi connectivity index (χ0v) is 11.1. The van der Waals surface area contributed by atoms with Crippen LogP contribution in [0, 0.1) is 5.92 Å². The molecule has 1 aliphatic rings. The Morgan fingerprint density at radius 1 is 1.30 bits per heavy atom. The van der Waals surface area contributed by atoms with E-state index < -0.39 is 5.97 Å². The predicted octanol–water partition coefficient (Wildman–Crippen LogP) is 0.919. The summed E-state index contributed by atoms with van der Waals surface area (Å²) >= 11 is 0. The van der Waals surface area contributed by atoms with Crippen LogP contribution in [-0.4, -0.2) is 33.3 Å². The lowest BCUT2D eigenvalue weighted by Gasteiger charge is -2.26. The molecule has 1 aromatic heterocycles. The number of carboxylic acid groups (broad SMARTS) is 1. The number of carbonyl (C=O) groups excluding carboxylic acids is 1. The second-order valence-corrected chi connectivity index (χ2v) is 4.93. The predicted molar refractivity (Wildman–Crippen MR) is 70.8 cm³/mol. The summed E-state index contributed by atoms with van der Waals surface area (Å²) in [4.78, 5) is 22.5. The first kappa shape index (κ1) is 14.2. The summed E-state index contributed by atoms with van der Waals surface area (Å²) < 4.78 is 0.